The van der Waals surface area contributed by atoms with Gasteiger partial charge in [-0.25, -0.2) is 9.59 Å². The summed E-state index contributed by atoms with van der Waals surface area (Å²) >= 11 is 0. The van der Waals surface area contributed by atoms with Gasteiger partial charge >= 0.3 is 11.9 Å². The van der Waals surface area contributed by atoms with Crippen LogP contribution in [0.3, 0.4) is 0 Å². The van der Waals surface area contributed by atoms with Gasteiger partial charge in [0.05, 0.1) is 0 Å². The van der Waals surface area contributed by atoms with Crippen LogP contribution < -0.4 is 4.74 Å². The molecule has 0 aliphatic carbocycles. The fraction of sp³-hybridized carbons (Fsp3) is 0.0588. The Hall–Kier alpha value is -2.88. The molecule has 21 heavy (non-hydrogen) atoms. The van der Waals surface area contributed by atoms with Gasteiger partial charge in [-0.15, -0.1) is 0 Å². The lowest BCUT2D eigenvalue weighted by Crippen LogP contribution is -2.08. The molecule has 0 atom stereocenters. The molecule has 4 nitrogen and oxygen atoms in total. The molecule has 2 rings (SSSR count). The van der Waals surface area contributed by atoms with Gasteiger partial charge in [0, 0.05) is 6.08 Å². The van der Waals surface area contributed by atoms with Crippen molar-refractivity contribution in [3.05, 3.63) is 71.3 Å². The summed E-state index contributed by atoms with van der Waals surface area (Å²) in [5.74, 6) is -1.71. The number of carbonyl (C=O) groups is 2. The van der Waals surface area contributed by atoms with E-state index in [1.165, 1.54) is 18.2 Å². The number of carboxylic acid groups (broad SMARTS) is 1. The topological polar surface area (TPSA) is 63.6 Å². The van der Waals surface area contributed by atoms with E-state index in [0.29, 0.717) is 0 Å². The minimum Gasteiger partial charge on any atom is -0.478 e. The molecule has 2 aromatic rings. The second kappa shape index (κ2) is 6.52. The maximum absolute atomic E-state index is 11.7. The van der Waals surface area contributed by atoms with Crippen LogP contribution in [-0.4, -0.2) is 17.0 Å². The zero-order chi connectivity index (χ0) is 15.2. The van der Waals surface area contributed by atoms with Gasteiger partial charge in [0.25, 0.3) is 0 Å². The first kappa shape index (κ1) is 14.5. The first-order valence-electron chi connectivity index (χ1n) is 6.35. The van der Waals surface area contributed by atoms with E-state index in [2.05, 4.69) is 0 Å². The van der Waals surface area contributed by atoms with Crippen LogP contribution in [0.5, 0.6) is 5.75 Å². The molecule has 0 aliphatic heterocycles. The highest BCUT2D eigenvalue weighted by Gasteiger charge is 2.13. The average molecular weight is 282 g/mol. The fourth-order valence-corrected chi connectivity index (χ4v) is 1.77. The number of benzene rings is 2. The molecule has 4 heteroatoms. The van der Waals surface area contributed by atoms with Gasteiger partial charge < -0.3 is 9.84 Å². The summed E-state index contributed by atoms with van der Waals surface area (Å²) in [6.45, 7) is 1.77. The van der Waals surface area contributed by atoms with Crippen LogP contribution in [0.2, 0.25) is 0 Å². The molecule has 106 valence electrons. The molecule has 0 aromatic heterocycles. The Morgan fingerprint density at radius 1 is 1.10 bits per heavy atom. The number of aromatic carboxylic acids is 1. The van der Waals surface area contributed by atoms with Crippen LogP contribution in [0.25, 0.3) is 6.08 Å². The standard InChI is InChI=1S/C17H14O4/c1-12-7-9-15(14(11-12)17(19)20)21-16(18)10-8-13-5-3-2-4-6-13/h2-11H,1H3,(H,19,20)/b10-8+. The van der Waals surface area contributed by atoms with Crippen molar-refractivity contribution in [1.82, 2.24) is 0 Å². The predicted octanol–water partition coefficient (Wildman–Crippen LogP) is 3.31. The van der Waals surface area contributed by atoms with E-state index < -0.39 is 11.9 Å². The molecule has 1 N–H and O–H groups in total. The van der Waals surface area contributed by atoms with E-state index in [-0.39, 0.29) is 11.3 Å². The number of hydrogen-bond donors (Lipinski definition) is 1. The van der Waals surface area contributed by atoms with Crippen LogP contribution in [0.15, 0.2) is 54.6 Å². The third-order valence-corrected chi connectivity index (χ3v) is 2.79. The fourth-order valence-electron chi connectivity index (χ4n) is 1.77. The smallest absolute Gasteiger partial charge is 0.339 e. The summed E-state index contributed by atoms with van der Waals surface area (Å²) in [5, 5.41) is 9.10. The molecule has 2 aromatic carbocycles. The van der Waals surface area contributed by atoms with Crippen molar-refractivity contribution in [2.45, 2.75) is 6.92 Å². The quantitative estimate of drug-likeness (QED) is 0.531. The molecule has 0 bridgehead atoms. The monoisotopic (exact) mass is 282 g/mol. The van der Waals surface area contributed by atoms with Crippen molar-refractivity contribution in [3.8, 4) is 5.75 Å². The predicted molar refractivity (Wildman–Crippen MR) is 79.2 cm³/mol. The second-order valence-corrected chi connectivity index (χ2v) is 4.47. The maximum Gasteiger partial charge on any atom is 0.339 e. The molecule has 0 radical (unpaired) electrons. The Balaban J connectivity index is 2.13. The molecule has 0 saturated carbocycles. The first-order chi connectivity index (χ1) is 10.1. The van der Waals surface area contributed by atoms with Gasteiger partial charge in [0.2, 0.25) is 0 Å². The summed E-state index contributed by atoms with van der Waals surface area (Å²) in [6, 6.07) is 13.9. The summed E-state index contributed by atoms with van der Waals surface area (Å²) in [6.07, 6.45) is 2.87. The minimum absolute atomic E-state index is 0.0311. The van der Waals surface area contributed by atoms with E-state index in [1.807, 2.05) is 30.3 Å². The van der Waals surface area contributed by atoms with Crippen LogP contribution in [0.4, 0.5) is 0 Å². The summed E-state index contributed by atoms with van der Waals surface area (Å²) in [4.78, 5) is 22.9. The van der Waals surface area contributed by atoms with E-state index >= 15 is 0 Å². The van der Waals surface area contributed by atoms with Crippen molar-refractivity contribution in [1.29, 1.82) is 0 Å². The summed E-state index contributed by atoms with van der Waals surface area (Å²) in [5.41, 5.74) is 1.61. The van der Waals surface area contributed by atoms with Crippen molar-refractivity contribution >= 4 is 18.0 Å². The minimum atomic E-state index is -1.13. The normalized spacial score (nSPS) is 10.5. The number of esters is 1. The highest BCUT2D eigenvalue weighted by Crippen LogP contribution is 2.20. The Labute approximate surface area is 122 Å². The van der Waals surface area contributed by atoms with Gasteiger partial charge in [-0.3, -0.25) is 0 Å². The van der Waals surface area contributed by atoms with Gasteiger partial charge in [-0.1, -0.05) is 42.0 Å². The van der Waals surface area contributed by atoms with Crippen molar-refractivity contribution < 1.29 is 19.4 Å². The molecule has 0 unspecified atom stereocenters. The molecule has 0 spiro atoms. The molecule has 0 saturated heterocycles. The lowest BCUT2D eigenvalue weighted by Gasteiger charge is -2.06. The number of carbonyl (C=O) groups excluding carboxylic acids is 1. The number of rotatable bonds is 4. The van der Waals surface area contributed by atoms with E-state index in [9.17, 15) is 9.59 Å². The molecular formula is C17H14O4. The molecular weight excluding hydrogens is 268 g/mol. The van der Waals surface area contributed by atoms with Gasteiger partial charge in [0.15, 0.2) is 0 Å². The van der Waals surface area contributed by atoms with E-state index in [4.69, 9.17) is 9.84 Å². The van der Waals surface area contributed by atoms with Crippen LogP contribution in [0, 0.1) is 6.92 Å². The Kier molecular flexibility index (Phi) is 4.51. The van der Waals surface area contributed by atoms with Crippen LogP contribution in [0.1, 0.15) is 21.5 Å². The zero-order valence-electron chi connectivity index (χ0n) is 11.4. The maximum atomic E-state index is 11.7. The van der Waals surface area contributed by atoms with Crippen molar-refractivity contribution in [3.63, 3.8) is 0 Å². The van der Waals surface area contributed by atoms with E-state index in [1.54, 1.807) is 19.1 Å². The van der Waals surface area contributed by atoms with Crippen LogP contribution >= 0.6 is 0 Å². The lowest BCUT2D eigenvalue weighted by molar-refractivity contribution is -0.128. The number of ether oxygens (including phenoxy) is 1. The summed E-state index contributed by atoms with van der Waals surface area (Å²) in [7, 11) is 0. The van der Waals surface area contributed by atoms with Gasteiger partial charge in [0.1, 0.15) is 11.3 Å². The van der Waals surface area contributed by atoms with Crippen molar-refractivity contribution in [2.75, 3.05) is 0 Å². The highest BCUT2D eigenvalue weighted by molar-refractivity contribution is 5.94. The number of aryl methyl sites for hydroxylation is 1. The average Bonchev–Trinajstić information content (AvgIpc) is 2.48. The third kappa shape index (κ3) is 4.04. The largest absolute Gasteiger partial charge is 0.478 e. The van der Waals surface area contributed by atoms with Crippen molar-refractivity contribution in [2.24, 2.45) is 0 Å². The van der Waals surface area contributed by atoms with Crippen LogP contribution in [-0.2, 0) is 4.79 Å². The Morgan fingerprint density at radius 3 is 2.48 bits per heavy atom. The molecule has 0 amide bonds. The van der Waals surface area contributed by atoms with Gasteiger partial charge in [-0.05, 0) is 30.7 Å². The highest BCUT2D eigenvalue weighted by atomic mass is 16.5. The summed E-state index contributed by atoms with van der Waals surface area (Å²) < 4.78 is 5.08. The van der Waals surface area contributed by atoms with Gasteiger partial charge in [-0.2, -0.15) is 0 Å². The lowest BCUT2D eigenvalue weighted by atomic mass is 10.1. The Morgan fingerprint density at radius 2 is 1.81 bits per heavy atom. The Bertz CT molecular complexity index is 687. The SMILES string of the molecule is Cc1ccc(OC(=O)/C=C/c2ccccc2)c(C(=O)O)c1. The second-order valence-electron chi connectivity index (χ2n) is 4.47. The number of carboxylic acids is 1. The molecule has 0 aliphatic rings. The first-order valence-corrected chi connectivity index (χ1v) is 6.35. The zero-order valence-corrected chi connectivity index (χ0v) is 11.4. The molecule has 0 heterocycles. The van der Waals surface area contributed by atoms with E-state index in [0.717, 1.165) is 11.1 Å². The third-order valence-electron chi connectivity index (χ3n) is 2.79. The molecule has 0 fully saturated rings. The number of hydrogen-bond acceptors (Lipinski definition) is 3.